The summed E-state index contributed by atoms with van der Waals surface area (Å²) >= 11 is 0. The number of nitrogens with zero attached hydrogens (tertiary/aromatic N) is 3. The first-order chi connectivity index (χ1) is 11.3. The molecular weight excluding hydrogens is 310 g/mol. The quantitative estimate of drug-likeness (QED) is 0.900. The first kappa shape index (κ1) is 16.4. The molecule has 3 rings (SSSR count). The molecule has 7 heteroatoms. The Bertz CT molecular complexity index is 697. The summed E-state index contributed by atoms with van der Waals surface area (Å²) in [5, 5.41) is 9.06. The van der Waals surface area contributed by atoms with Crippen LogP contribution in [0.2, 0.25) is 0 Å². The smallest absolute Gasteiger partial charge is 0.335 e. The van der Waals surface area contributed by atoms with Crippen LogP contribution in [0.5, 0.6) is 0 Å². The van der Waals surface area contributed by atoms with Crippen molar-refractivity contribution in [3.63, 3.8) is 0 Å². The molecule has 1 saturated heterocycles. The highest BCUT2D eigenvalue weighted by molar-refractivity contribution is 5.96. The summed E-state index contributed by atoms with van der Waals surface area (Å²) in [5.41, 5.74) is -0.375. The number of hydrogen-bond acceptors (Lipinski definition) is 4. The van der Waals surface area contributed by atoms with Gasteiger partial charge in [-0.25, -0.2) is 4.79 Å². The van der Waals surface area contributed by atoms with Crippen LogP contribution in [0, 0.1) is 5.92 Å². The zero-order chi connectivity index (χ0) is 17.5. The molecule has 0 aromatic carbocycles. The third-order valence-electron chi connectivity index (χ3n) is 4.61. The maximum atomic E-state index is 12.8. The number of pyridine rings is 1. The number of carboxylic acids is 1. The first-order valence-corrected chi connectivity index (χ1v) is 8.10. The summed E-state index contributed by atoms with van der Waals surface area (Å²) in [4.78, 5) is 43.6. The van der Waals surface area contributed by atoms with Crippen LogP contribution in [0.4, 0.5) is 0 Å². The Labute approximate surface area is 140 Å². The minimum absolute atomic E-state index is 0.0358. The highest BCUT2D eigenvalue weighted by Crippen LogP contribution is 2.33. The van der Waals surface area contributed by atoms with Crippen LogP contribution in [-0.2, 0) is 4.79 Å². The number of rotatable bonds is 3. The van der Waals surface area contributed by atoms with Gasteiger partial charge in [0.15, 0.2) is 0 Å². The third kappa shape index (κ3) is 3.11. The van der Waals surface area contributed by atoms with Crippen LogP contribution >= 0.6 is 0 Å². The van der Waals surface area contributed by atoms with Crippen molar-refractivity contribution >= 4 is 17.8 Å². The van der Waals surface area contributed by atoms with Crippen LogP contribution < -0.4 is 0 Å². The van der Waals surface area contributed by atoms with Crippen LogP contribution in [0.3, 0.4) is 0 Å². The van der Waals surface area contributed by atoms with E-state index in [0.29, 0.717) is 19.6 Å². The number of aromatic carboxylic acids is 1. The van der Waals surface area contributed by atoms with Crippen molar-refractivity contribution in [1.82, 2.24) is 14.8 Å². The Hall–Kier alpha value is -2.44. The molecule has 0 bridgehead atoms. The molecule has 2 aliphatic rings. The SMILES string of the molecule is CC1(C)CN(C(=O)C2CC2)CCN1C(=O)c1cc(C(=O)O)ccn1. The van der Waals surface area contributed by atoms with Gasteiger partial charge in [-0.1, -0.05) is 0 Å². The second kappa shape index (κ2) is 5.89. The van der Waals surface area contributed by atoms with Gasteiger partial charge in [-0.05, 0) is 38.8 Å². The van der Waals surface area contributed by atoms with Crippen molar-refractivity contribution in [1.29, 1.82) is 0 Å². The van der Waals surface area contributed by atoms with Gasteiger partial charge in [0.1, 0.15) is 5.69 Å². The summed E-state index contributed by atoms with van der Waals surface area (Å²) < 4.78 is 0. The summed E-state index contributed by atoms with van der Waals surface area (Å²) in [5.74, 6) is -1.05. The van der Waals surface area contributed by atoms with E-state index in [1.54, 1.807) is 4.90 Å². The number of piperazine rings is 1. The molecule has 0 unspecified atom stereocenters. The molecule has 1 aromatic heterocycles. The predicted octanol–water partition coefficient (Wildman–Crippen LogP) is 1.25. The van der Waals surface area contributed by atoms with Crippen LogP contribution in [0.15, 0.2) is 18.3 Å². The van der Waals surface area contributed by atoms with E-state index in [1.807, 2.05) is 18.7 Å². The lowest BCUT2D eigenvalue weighted by atomic mass is 9.97. The van der Waals surface area contributed by atoms with Gasteiger partial charge < -0.3 is 14.9 Å². The molecule has 0 atom stereocenters. The molecule has 7 nitrogen and oxygen atoms in total. The standard InChI is InChI=1S/C17H21N3O4/c1-17(2)10-19(14(21)11-3-4-11)7-8-20(17)15(22)13-9-12(16(23)24)5-6-18-13/h5-6,9,11H,3-4,7-8,10H2,1-2H3,(H,23,24). The number of amides is 2. The monoisotopic (exact) mass is 331 g/mol. The molecule has 24 heavy (non-hydrogen) atoms. The number of aromatic nitrogens is 1. The zero-order valence-corrected chi connectivity index (χ0v) is 13.9. The number of hydrogen-bond donors (Lipinski definition) is 1. The van der Waals surface area contributed by atoms with Crippen LogP contribution in [0.1, 0.15) is 47.5 Å². The zero-order valence-electron chi connectivity index (χ0n) is 13.9. The molecule has 2 amide bonds. The molecule has 1 aliphatic carbocycles. The summed E-state index contributed by atoms with van der Waals surface area (Å²) in [6.07, 6.45) is 3.26. The molecule has 2 heterocycles. The highest BCUT2D eigenvalue weighted by atomic mass is 16.4. The fourth-order valence-corrected chi connectivity index (χ4v) is 3.13. The van der Waals surface area contributed by atoms with Crippen molar-refractivity contribution in [3.05, 3.63) is 29.6 Å². The van der Waals surface area contributed by atoms with Gasteiger partial charge in [-0.15, -0.1) is 0 Å². The van der Waals surface area contributed by atoms with Crippen molar-refractivity contribution in [2.24, 2.45) is 5.92 Å². The Kier molecular flexibility index (Phi) is 4.03. The van der Waals surface area contributed by atoms with Gasteiger partial charge in [-0.3, -0.25) is 14.6 Å². The highest BCUT2D eigenvalue weighted by Gasteiger charge is 2.42. The average molecular weight is 331 g/mol. The summed E-state index contributed by atoms with van der Waals surface area (Å²) in [6, 6.07) is 2.65. The molecular formula is C17H21N3O4. The van der Waals surface area contributed by atoms with E-state index in [1.165, 1.54) is 18.3 Å². The van der Waals surface area contributed by atoms with E-state index in [9.17, 15) is 14.4 Å². The number of carbonyl (C=O) groups excluding carboxylic acids is 2. The normalized spacial score (nSPS) is 19.9. The van der Waals surface area contributed by atoms with E-state index in [2.05, 4.69) is 4.98 Å². The second-order valence-electron chi connectivity index (χ2n) is 7.04. The maximum absolute atomic E-state index is 12.8. The molecule has 1 saturated carbocycles. The molecule has 1 aliphatic heterocycles. The van der Waals surface area contributed by atoms with Gasteiger partial charge >= 0.3 is 5.97 Å². The van der Waals surface area contributed by atoms with Gasteiger partial charge in [0, 0.05) is 31.7 Å². The Morgan fingerprint density at radius 1 is 1.25 bits per heavy atom. The van der Waals surface area contributed by atoms with Gasteiger partial charge in [0.05, 0.1) is 11.1 Å². The fourth-order valence-electron chi connectivity index (χ4n) is 3.13. The molecule has 1 aromatic rings. The van der Waals surface area contributed by atoms with E-state index < -0.39 is 11.5 Å². The molecule has 0 radical (unpaired) electrons. The van der Waals surface area contributed by atoms with Gasteiger partial charge in [0.2, 0.25) is 5.91 Å². The topological polar surface area (TPSA) is 90.8 Å². The minimum Gasteiger partial charge on any atom is -0.478 e. The van der Waals surface area contributed by atoms with Crippen molar-refractivity contribution in [2.75, 3.05) is 19.6 Å². The molecule has 0 spiro atoms. The van der Waals surface area contributed by atoms with E-state index in [-0.39, 0.29) is 29.0 Å². The van der Waals surface area contributed by atoms with E-state index >= 15 is 0 Å². The lowest BCUT2D eigenvalue weighted by Gasteiger charge is -2.47. The predicted molar refractivity (Wildman–Crippen MR) is 85.6 cm³/mol. The number of carbonyl (C=O) groups is 3. The lowest BCUT2D eigenvalue weighted by molar-refractivity contribution is -0.136. The van der Waals surface area contributed by atoms with E-state index in [4.69, 9.17) is 5.11 Å². The van der Waals surface area contributed by atoms with Gasteiger partial charge in [0.25, 0.3) is 5.91 Å². The second-order valence-corrected chi connectivity index (χ2v) is 7.04. The third-order valence-corrected chi connectivity index (χ3v) is 4.61. The Morgan fingerprint density at radius 2 is 1.96 bits per heavy atom. The van der Waals surface area contributed by atoms with Crippen LogP contribution in [0.25, 0.3) is 0 Å². The Balaban J connectivity index is 1.77. The van der Waals surface area contributed by atoms with Gasteiger partial charge in [-0.2, -0.15) is 0 Å². The summed E-state index contributed by atoms with van der Waals surface area (Å²) in [6.45, 7) is 5.23. The molecule has 128 valence electrons. The Morgan fingerprint density at radius 3 is 2.54 bits per heavy atom. The lowest BCUT2D eigenvalue weighted by Crippen LogP contribution is -2.62. The van der Waals surface area contributed by atoms with Crippen LogP contribution in [-0.4, -0.2) is 62.8 Å². The largest absolute Gasteiger partial charge is 0.478 e. The maximum Gasteiger partial charge on any atom is 0.335 e. The van der Waals surface area contributed by atoms with Crippen molar-refractivity contribution in [3.8, 4) is 0 Å². The molecule has 1 N–H and O–H groups in total. The first-order valence-electron chi connectivity index (χ1n) is 8.10. The van der Waals surface area contributed by atoms with E-state index in [0.717, 1.165) is 12.8 Å². The number of carboxylic acid groups (broad SMARTS) is 1. The van der Waals surface area contributed by atoms with Crippen molar-refractivity contribution in [2.45, 2.75) is 32.2 Å². The summed E-state index contributed by atoms with van der Waals surface area (Å²) in [7, 11) is 0. The average Bonchev–Trinajstić information content (AvgIpc) is 3.37. The minimum atomic E-state index is -1.09. The fraction of sp³-hybridized carbons (Fsp3) is 0.529. The van der Waals surface area contributed by atoms with Crippen molar-refractivity contribution < 1.29 is 19.5 Å². The molecule has 2 fully saturated rings.